The van der Waals surface area contributed by atoms with E-state index in [2.05, 4.69) is 21.2 Å². The van der Waals surface area contributed by atoms with Crippen LogP contribution in [0.4, 0.5) is 21.5 Å². The zero-order valence-electron chi connectivity index (χ0n) is 9.30. The fourth-order valence-electron chi connectivity index (χ4n) is 1.60. The lowest BCUT2D eigenvalue weighted by Crippen LogP contribution is -2.00. The first kappa shape index (κ1) is 11.9. The Labute approximate surface area is 108 Å². The highest BCUT2D eigenvalue weighted by molar-refractivity contribution is 9.10. The SMILES string of the molecule is Cc1cccc(N)c1Nc1c(F)cccc1Br. The molecule has 2 aromatic carbocycles. The molecule has 0 saturated carbocycles. The van der Waals surface area contributed by atoms with Gasteiger partial charge in [-0.15, -0.1) is 0 Å². The molecule has 3 N–H and O–H groups in total. The molecule has 4 heteroatoms. The van der Waals surface area contributed by atoms with Crippen molar-refractivity contribution < 1.29 is 4.39 Å². The van der Waals surface area contributed by atoms with Gasteiger partial charge in [0, 0.05) is 4.47 Å². The molecule has 0 fully saturated rings. The Morgan fingerprint density at radius 3 is 2.47 bits per heavy atom. The number of rotatable bonds is 2. The van der Waals surface area contributed by atoms with Gasteiger partial charge in [0.1, 0.15) is 5.82 Å². The van der Waals surface area contributed by atoms with Gasteiger partial charge in [-0.1, -0.05) is 18.2 Å². The minimum atomic E-state index is -0.318. The number of aryl methyl sites for hydroxylation is 1. The molecule has 0 aliphatic rings. The van der Waals surface area contributed by atoms with Crippen molar-refractivity contribution in [1.82, 2.24) is 0 Å². The normalized spacial score (nSPS) is 10.3. The van der Waals surface area contributed by atoms with E-state index in [9.17, 15) is 4.39 Å². The summed E-state index contributed by atoms with van der Waals surface area (Å²) in [6, 6.07) is 10.4. The van der Waals surface area contributed by atoms with E-state index in [-0.39, 0.29) is 5.82 Å². The van der Waals surface area contributed by atoms with Gasteiger partial charge in [-0.05, 0) is 46.6 Å². The largest absolute Gasteiger partial charge is 0.397 e. The molecule has 0 amide bonds. The van der Waals surface area contributed by atoms with Gasteiger partial charge in [0.05, 0.1) is 17.1 Å². The van der Waals surface area contributed by atoms with Crippen molar-refractivity contribution in [3.63, 3.8) is 0 Å². The van der Waals surface area contributed by atoms with Gasteiger partial charge in [-0.2, -0.15) is 0 Å². The Morgan fingerprint density at radius 1 is 1.12 bits per heavy atom. The number of benzene rings is 2. The summed E-state index contributed by atoms with van der Waals surface area (Å²) in [4.78, 5) is 0. The van der Waals surface area contributed by atoms with Crippen LogP contribution in [0.2, 0.25) is 0 Å². The summed E-state index contributed by atoms with van der Waals surface area (Å²) in [5, 5.41) is 3.03. The van der Waals surface area contributed by atoms with Crippen molar-refractivity contribution in [3.05, 3.63) is 52.3 Å². The fraction of sp³-hybridized carbons (Fsp3) is 0.0769. The van der Waals surface area contributed by atoms with Gasteiger partial charge in [0.15, 0.2) is 0 Å². The second-order valence-corrected chi connectivity index (χ2v) is 4.62. The third-order valence-electron chi connectivity index (χ3n) is 2.52. The Balaban J connectivity index is 2.45. The van der Waals surface area contributed by atoms with E-state index in [1.54, 1.807) is 18.2 Å². The van der Waals surface area contributed by atoms with Crippen molar-refractivity contribution in [2.45, 2.75) is 6.92 Å². The highest BCUT2D eigenvalue weighted by Gasteiger charge is 2.09. The van der Waals surface area contributed by atoms with Gasteiger partial charge in [0.2, 0.25) is 0 Å². The Morgan fingerprint density at radius 2 is 1.82 bits per heavy atom. The molecular weight excluding hydrogens is 283 g/mol. The number of anilines is 3. The summed E-state index contributed by atoms with van der Waals surface area (Å²) in [7, 11) is 0. The van der Waals surface area contributed by atoms with Crippen molar-refractivity contribution >= 4 is 33.0 Å². The monoisotopic (exact) mass is 294 g/mol. The number of hydrogen-bond donors (Lipinski definition) is 2. The molecule has 0 aliphatic carbocycles. The van der Waals surface area contributed by atoms with Crippen molar-refractivity contribution in [3.8, 4) is 0 Å². The molecule has 0 spiro atoms. The molecule has 2 nitrogen and oxygen atoms in total. The first-order chi connectivity index (χ1) is 8.09. The molecule has 88 valence electrons. The molecule has 17 heavy (non-hydrogen) atoms. The smallest absolute Gasteiger partial charge is 0.147 e. The topological polar surface area (TPSA) is 38.0 Å². The zero-order chi connectivity index (χ0) is 12.4. The van der Waals surface area contributed by atoms with Crippen LogP contribution in [0.5, 0.6) is 0 Å². The fourth-order valence-corrected chi connectivity index (χ4v) is 2.04. The predicted molar refractivity (Wildman–Crippen MR) is 73.0 cm³/mol. The summed E-state index contributed by atoms with van der Waals surface area (Å²) in [5.74, 6) is -0.318. The molecule has 0 unspecified atom stereocenters. The standard InChI is InChI=1S/C13H12BrFN2/c1-8-4-2-7-11(16)12(8)17-13-9(14)5-3-6-10(13)15/h2-7,17H,16H2,1H3. The van der Waals surface area contributed by atoms with Crippen molar-refractivity contribution in [1.29, 1.82) is 0 Å². The van der Waals surface area contributed by atoms with E-state index in [0.717, 1.165) is 11.3 Å². The minimum Gasteiger partial charge on any atom is -0.397 e. The number of halogens is 2. The maximum Gasteiger partial charge on any atom is 0.147 e. The lowest BCUT2D eigenvalue weighted by molar-refractivity contribution is 0.631. The van der Waals surface area contributed by atoms with Crippen molar-refractivity contribution in [2.24, 2.45) is 0 Å². The predicted octanol–water partition coefficient (Wildman–Crippen LogP) is 4.22. The van der Waals surface area contributed by atoms with Crippen LogP contribution in [-0.2, 0) is 0 Å². The molecular formula is C13H12BrFN2. The molecule has 0 atom stereocenters. The lowest BCUT2D eigenvalue weighted by atomic mass is 10.1. The molecule has 2 aromatic rings. The summed E-state index contributed by atoms with van der Waals surface area (Å²) in [6.07, 6.45) is 0. The van der Waals surface area contributed by atoms with E-state index in [1.807, 2.05) is 19.1 Å². The van der Waals surface area contributed by atoms with Crippen LogP contribution in [0, 0.1) is 12.7 Å². The summed E-state index contributed by atoms with van der Waals surface area (Å²) < 4.78 is 14.3. The van der Waals surface area contributed by atoms with E-state index >= 15 is 0 Å². The molecule has 0 bridgehead atoms. The second kappa shape index (κ2) is 4.75. The highest BCUT2D eigenvalue weighted by atomic mass is 79.9. The van der Waals surface area contributed by atoms with Crippen LogP contribution in [0.15, 0.2) is 40.9 Å². The van der Waals surface area contributed by atoms with Gasteiger partial charge < -0.3 is 11.1 Å². The van der Waals surface area contributed by atoms with E-state index < -0.39 is 0 Å². The lowest BCUT2D eigenvalue weighted by Gasteiger charge is -2.14. The third-order valence-corrected chi connectivity index (χ3v) is 3.18. The van der Waals surface area contributed by atoms with Gasteiger partial charge in [-0.3, -0.25) is 0 Å². The average molecular weight is 295 g/mol. The minimum absolute atomic E-state index is 0.318. The first-order valence-corrected chi connectivity index (χ1v) is 5.95. The first-order valence-electron chi connectivity index (χ1n) is 5.15. The Kier molecular flexibility index (Phi) is 3.33. The number of nitrogens with two attached hydrogens (primary N) is 1. The van der Waals surface area contributed by atoms with Gasteiger partial charge in [-0.25, -0.2) is 4.39 Å². The van der Waals surface area contributed by atoms with Crippen LogP contribution in [0.3, 0.4) is 0 Å². The summed E-state index contributed by atoms with van der Waals surface area (Å²) in [6.45, 7) is 1.92. The van der Waals surface area contributed by atoms with Gasteiger partial charge >= 0.3 is 0 Å². The van der Waals surface area contributed by atoms with Crippen LogP contribution >= 0.6 is 15.9 Å². The summed E-state index contributed by atoms with van der Waals surface area (Å²) >= 11 is 3.31. The number of hydrogen-bond acceptors (Lipinski definition) is 2. The average Bonchev–Trinajstić information content (AvgIpc) is 2.27. The van der Waals surface area contributed by atoms with Crippen LogP contribution in [0.1, 0.15) is 5.56 Å². The molecule has 0 saturated heterocycles. The molecule has 0 aromatic heterocycles. The second-order valence-electron chi connectivity index (χ2n) is 3.76. The van der Waals surface area contributed by atoms with Crippen LogP contribution in [-0.4, -0.2) is 0 Å². The quantitative estimate of drug-likeness (QED) is 0.814. The highest BCUT2D eigenvalue weighted by Crippen LogP contribution is 2.32. The van der Waals surface area contributed by atoms with Crippen molar-refractivity contribution in [2.75, 3.05) is 11.1 Å². The van der Waals surface area contributed by atoms with E-state index in [1.165, 1.54) is 6.07 Å². The number of nitrogen functional groups attached to an aromatic ring is 1. The van der Waals surface area contributed by atoms with Crippen LogP contribution < -0.4 is 11.1 Å². The van der Waals surface area contributed by atoms with E-state index in [4.69, 9.17) is 5.73 Å². The van der Waals surface area contributed by atoms with E-state index in [0.29, 0.717) is 15.8 Å². The maximum atomic E-state index is 13.7. The zero-order valence-corrected chi connectivity index (χ0v) is 10.9. The molecule has 0 radical (unpaired) electrons. The number of para-hydroxylation sites is 2. The molecule has 0 aliphatic heterocycles. The third kappa shape index (κ3) is 2.42. The summed E-state index contributed by atoms with van der Waals surface area (Å²) in [5.41, 5.74) is 8.57. The molecule has 0 heterocycles. The maximum absolute atomic E-state index is 13.7. The molecule has 2 rings (SSSR count). The Hall–Kier alpha value is -1.55. The number of nitrogens with one attached hydrogen (secondary N) is 1. The Bertz CT molecular complexity index is 465. The van der Waals surface area contributed by atoms with Crippen LogP contribution in [0.25, 0.3) is 0 Å². The van der Waals surface area contributed by atoms with Gasteiger partial charge in [0.25, 0.3) is 0 Å².